The third-order valence-electron chi connectivity index (χ3n) is 11.2. The van der Waals surface area contributed by atoms with Crippen LogP contribution in [0.5, 0.6) is 0 Å². The first kappa shape index (κ1) is 21.2. The summed E-state index contributed by atoms with van der Waals surface area (Å²) in [6.07, 6.45) is 18.3. The zero-order valence-corrected chi connectivity index (χ0v) is 20.1. The van der Waals surface area contributed by atoms with Crippen LogP contribution < -0.4 is 0 Å². The van der Waals surface area contributed by atoms with Gasteiger partial charge in [0.05, 0.1) is 0 Å². The van der Waals surface area contributed by atoms with Gasteiger partial charge in [0.25, 0.3) is 0 Å². The first-order chi connectivity index (χ1) is 13.3. The Morgan fingerprint density at radius 3 is 2.21 bits per heavy atom. The maximum absolute atomic E-state index is 2.75. The maximum atomic E-state index is 2.75. The lowest BCUT2D eigenvalue weighted by Crippen LogP contribution is -2.54. The van der Waals surface area contributed by atoms with Gasteiger partial charge < -0.3 is 0 Å². The first-order valence-corrected chi connectivity index (χ1v) is 13.3. The highest BCUT2D eigenvalue weighted by molar-refractivity contribution is 5.09. The number of fused-ring (bicyclic) bond motifs is 5. The highest BCUT2D eigenvalue weighted by Crippen LogP contribution is 2.68. The van der Waals surface area contributed by atoms with Crippen LogP contribution in [-0.2, 0) is 0 Å². The molecule has 4 saturated carbocycles. The quantitative estimate of drug-likeness (QED) is 0.443. The van der Waals surface area contributed by atoms with E-state index in [1.165, 1.54) is 32.1 Å². The second-order valence-electron chi connectivity index (χ2n) is 13.0. The molecule has 0 saturated heterocycles. The van der Waals surface area contributed by atoms with Gasteiger partial charge in [0.2, 0.25) is 0 Å². The molecule has 28 heavy (non-hydrogen) atoms. The van der Waals surface area contributed by atoms with Crippen molar-refractivity contribution in [3.8, 4) is 0 Å². The van der Waals surface area contributed by atoms with Crippen LogP contribution >= 0.6 is 0 Å². The summed E-state index contributed by atoms with van der Waals surface area (Å²) in [7, 11) is 0. The molecule has 0 bridgehead atoms. The van der Waals surface area contributed by atoms with E-state index in [1.54, 1.807) is 44.9 Å². The van der Waals surface area contributed by atoms with Gasteiger partial charge in [0.1, 0.15) is 0 Å². The van der Waals surface area contributed by atoms with E-state index in [-0.39, 0.29) is 0 Å². The average Bonchev–Trinajstić information content (AvgIpc) is 2.98. The van der Waals surface area contributed by atoms with Crippen LogP contribution in [-0.4, -0.2) is 0 Å². The molecule has 0 spiro atoms. The lowest BCUT2D eigenvalue weighted by atomic mass is 9.43. The fraction of sp³-hybridized carbons (Fsp3) is 1.00. The van der Waals surface area contributed by atoms with Crippen molar-refractivity contribution in [3.63, 3.8) is 0 Å². The Balaban J connectivity index is 1.47. The largest absolute Gasteiger partial charge is 0.0628 e. The minimum Gasteiger partial charge on any atom is -0.0628 e. The molecular formula is C28H50. The fourth-order valence-electron chi connectivity index (χ4n) is 9.82. The Bertz CT molecular complexity index is 534. The lowest BCUT2D eigenvalue weighted by molar-refractivity contribution is -0.127. The molecule has 4 aliphatic carbocycles. The Morgan fingerprint density at radius 2 is 1.46 bits per heavy atom. The Hall–Kier alpha value is 0. The molecule has 0 N–H and O–H groups in total. The topological polar surface area (TPSA) is 0 Å². The van der Waals surface area contributed by atoms with Crippen LogP contribution in [0.25, 0.3) is 0 Å². The van der Waals surface area contributed by atoms with Crippen molar-refractivity contribution in [1.29, 1.82) is 0 Å². The molecule has 0 amide bonds. The van der Waals surface area contributed by atoms with Crippen LogP contribution in [0.3, 0.4) is 0 Å². The van der Waals surface area contributed by atoms with Crippen molar-refractivity contribution in [1.82, 2.24) is 0 Å². The van der Waals surface area contributed by atoms with Gasteiger partial charge in [-0.05, 0) is 103 Å². The van der Waals surface area contributed by atoms with Crippen LogP contribution in [0.1, 0.15) is 119 Å². The summed E-state index contributed by atoms with van der Waals surface area (Å²) in [6.45, 7) is 15.5. The third kappa shape index (κ3) is 3.41. The molecule has 0 nitrogen and oxygen atoms in total. The van der Waals surface area contributed by atoms with Gasteiger partial charge in [0, 0.05) is 0 Å². The SMILES string of the molecule is CC(C)CCCC(C)C1CCC2C3CC[C@H]4[C@H](C)CCCC4(C)C3CCC12C. The molecule has 4 aliphatic rings. The standard InChI is InChI=1S/C28H50/c1-19(2)9-7-10-20(3)24-14-15-25-22-12-13-23-21(4)11-8-17-27(23,5)26(22)16-18-28(24,25)6/h19-26H,7-18H2,1-6H3/t20?,21-,22?,23+,24?,25?,26?,27?,28?/m1/s1. The van der Waals surface area contributed by atoms with Crippen LogP contribution in [0.2, 0.25) is 0 Å². The van der Waals surface area contributed by atoms with E-state index in [0.29, 0.717) is 10.8 Å². The second-order valence-corrected chi connectivity index (χ2v) is 13.0. The van der Waals surface area contributed by atoms with E-state index in [0.717, 1.165) is 47.3 Å². The van der Waals surface area contributed by atoms with Crippen LogP contribution in [0.4, 0.5) is 0 Å². The minimum atomic E-state index is 0.669. The van der Waals surface area contributed by atoms with Gasteiger partial charge in [0.15, 0.2) is 0 Å². The van der Waals surface area contributed by atoms with Gasteiger partial charge in [-0.3, -0.25) is 0 Å². The van der Waals surface area contributed by atoms with Gasteiger partial charge in [-0.25, -0.2) is 0 Å². The summed E-state index contributed by atoms with van der Waals surface area (Å²) in [4.78, 5) is 0. The average molecular weight is 387 g/mol. The summed E-state index contributed by atoms with van der Waals surface area (Å²) in [5, 5.41) is 0. The fourth-order valence-corrected chi connectivity index (χ4v) is 9.82. The number of hydrogen-bond acceptors (Lipinski definition) is 0. The lowest BCUT2D eigenvalue weighted by Gasteiger charge is -2.62. The van der Waals surface area contributed by atoms with Crippen molar-refractivity contribution >= 4 is 0 Å². The van der Waals surface area contributed by atoms with Crippen molar-refractivity contribution in [3.05, 3.63) is 0 Å². The molecule has 4 fully saturated rings. The summed E-state index contributed by atoms with van der Waals surface area (Å²) in [5.41, 5.74) is 1.35. The maximum Gasteiger partial charge on any atom is -0.0264 e. The van der Waals surface area contributed by atoms with Gasteiger partial charge in [-0.1, -0.05) is 73.6 Å². The normalized spacial score (nSPS) is 49.4. The molecule has 0 aromatic heterocycles. The molecule has 0 aromatic rings. The van der Waals surface area contributed by atoms with Crippen molar-refractivity contribution in [2.24, 2.45) is 58.2 Å². The molecule has 0 radical (unpaired) electrons. The first-order valence-electron chi connectivity index (χ1n) is 13.3. The second kappa shape index (κ2) is 7.92. The molecule has 0 heterocycles. The van der Waals surface area contributed by atoms with Crippen molar-refractivity contribution in [2.45, 2.75) is 119 Å². The van der Waals surface area contributed by atoms with Gasteiger partial charge in [-0.2, -0.15) is 0 Å². The summed E-state index contributed by atoms with van der Waals surface area (Å²) >= 11 is 0. The zero-order valence-electron chi connectivity index (χ0n) is 20.1. The van der Waals surface area contributed by atoms with Crippen LogP contribution in [0, 0.1) is 58.2 Å². The smallest absolute Gasteiger partial charge is 0.0264 e. The summed E-state index contributed by atoms with van der Waals surface area (Å²) in [5.74, 6) is 8.06. The van der Waals surface area contributed by atoms with E-state index >= 15 is 0 Å². The number of hydrogen-bond donors (Lipinski definition) is 0. The molecule has 4 rings (SSSR count). The monoisotopic (exact) mass is 386 g/mol. The Labute approximate surface area is 177 Å². The van der Waals surface area contributed by atoms with E-state index in [2.05, 4.69) is 41.5 Å². The Morgan fingerprint density at radius 1 is 0.750 bits per heavy atom. The third-order valence-corrected chi connectivity index (χ3v) is 11.2. The zero-order chi connectivity index (χ0) is 20.1. The minimum absolute atomic E-state index is 0.669. The van der Waals surface area contributed by atoms with Crippen LogP contribution in [0.15, 0.2) is 0 Å². The van der Waals surface area contributed by atoms with Gasteiger partial charge in [-0.15, -0.1) is 0 Å². The van der Waals surface area contributed by atoms with Crippen molar-refractivity contribution in [2.75, 3.05) is 0 Å². The summed E-state index contributed by atoms with van der Waals surface area (Å²) < 4.78 is 0. The van der Waals surface area contributed by atoms with E-state index in [1.807, 2.05) is 0 Å². The van der Waals surface area contributed by atoms with Gasteiger partial charge >= 0.3 is 0 Å². The molecule has 0 heteroatoms. The predicted octanol–water partition coefficient (Wildman–Crippen LogP) is 8.74. The Kier molecular flexibility index (Phi) is 6.01. The van der Waals surface area contributed by atoms with E-state index in [9.17, 15) is 0 Å². The molecular weight excluding hydrogens is 336 g/mol. The molecule has 0 aliphatic heterocycles. The highest BCUT2D eigenvalue weighted by Gasteiger charge is 2.60. The molecule has 7 unspecified atom stereocenters. The molecule has 162 valence electrons. The molecule has 9 atom stereocenters. The van der Waals surface area contributed by atoms with E-state index in [4.69, 9.17) is 0 Å². The predicted molar refractivity (Wildman–Crippen MR) is 122 cm³/mol. The van der Waals surface area contributed by atoms with Crippen molar-refractivity contribution < 1.29 is 0 Å². The number of rotatable bonds is 5. The molecule has 0 aromatic carbocycles. The van der Waals surface area contributed by atoms with E-state index < -0.39 is 0 Å². The highest BCUT2D eigenvalue weighted by atomic mass is 14.7. The summed E-state index contributed by atoms with van der Waals surface area (Å²) in [6, 6.07) is 0.